The first kappa shape index (κ1) is 13.3. The highest BCUT2D eigenvalue weighted by atomic mass is 32.1. The number of rotatable bonds is 2. The summed E-state index contributed by atoms with van der Waals surface area (Å²) in [5.74, 6) is 0. The van der Waals surface area contributed by atoms with Gasteiger partial charge in [0.15, 0.2) is 5.11 Å². The molecule has 2 rings (SSSR count). The summed E-state index contributed by atoms with van der Waals surface area (Å²) in [6, 6.07) is 0.538. The van der Waals surface area contributed by atoms with E-state index in [0.717, 1.165) is 22.2 Å². The van der Waals surface area contributed by atoms with Crippen LogP contribution in [0.5, 0.6) is 0 Å². The van der Waals surface area contributed by atoms with Crippen LogP contribution >= 0.6 is 12.2 Å². The Balaban J connectivity index is 1.94. The van der Waals surface area contributed by atoms with E-state index in [1.165, 1.54) is 32.1 Å². The Hall–Kier alpha value is -1.10. The summed E-state index contributed by atoms with van der Waals surface area (Å²) in [6.45, 7) is 4.05. The van der Waals surface area contributed by atoms with E-state index in [4.69, 9.17) is 12.2 Å². The summed E-state index contributed by atoms with van der Waals surface area (Å²) >= 11 is 5.39. The molecule has 2 N–H and O–H groups in total. The fourth-order valence-electron chi connectivity index (χ4n) is 2.54. The van der Waals surface area contributed by atoms with E-state index in [1.54, 1.807) is 0 Å². The predicted molar refractivity (Wildman–Crippen MR) is 78.9 cm³/mol. The monoisotopic (exact) mass is 266 g/mol. The van der Waals surface area contributed by atoms with Crippen molar-refractivity contribution in [2.45, 2.75) is 52.0 Å². The van der Waals surface area contributed by atoms with Crippen LogP contribution in [0, 0.1) is 13.8 Å². The van der Waals surface area contributed by atoms with Crippen molar-refractivity contribution in [1.29, 1.82) is 0 Å². The van der Waals surface area contributed by atoms with Gasteiger partial charge < -0.3 is 10.6 Å². The molecule has 0 spiro atoms. The first-order valence-electron chi connectivity index (χ1n) is 6.65. The largest absolute Gasteiger partial charge is 0.360 e. The molecule has 0 unspecified atom stereocenters. The molecule has 0 saturated heterocycles. The van der Waals surface area contributed by atoms with Gasteiger partial charge in [-0.1, -0.05) is 19.3 Å². The Morgan fingerprint density at radius 3 is 2.50 bits per heavy atom. The quantitative estimate of drug-likeness (QED) is 0.808. The molecule has 1 aliphatic carbocycles. The number of nitrogens with zero attached hydrogens (tertiary/aromatic N) is 2. The smallest absolute Gasteiger partial charge is 0.171 e. The van der Waals surface area contributed by atoms with Crippen LogP contribution in [0.15, 0.2) is 0 Å². The summed E-state index contributed by atoms with van der Waals surface area (Å²) in [7, 11) is 1.95. The maximum Gasteiger partial charge on any atom is 0.171 e. The van der Waals surface area contributed by atoms with E-state index in [-0.39, 0.29) is 0 Å². The zero-order chi connectivity index (χ0) is 13.1. The third-order valence-corrected chi connectivity index (χ3v) is 3.91. The third-order valence-electron chi connectivity index (χ3n) is 3.69. The van der Waals surface area contributed by atoms with Crippen molar-refractivity contribution in [2.75, 3.05) is 5.32 Å². The Labute approximate surface area is 114 Å². The number of anilines is 1. The van der Waals surface area contributed by atoms with E-state index in [1.807, 2.05) is 25.6 Å². The summed E-state index contributed by atoms with van der Waals surface area (Å²) in [5.41, 5.74) is 3.13. The molecule has 18 heavy (non-hydrogen) atoms. The van der Waals surface area contributed by atoms with Gasteiger partial charge in [-0.05, 0) is 38.9 Å². The lowest BCUT2D eigenvalue weighted by atomic mass is 9.96. The molecular formula is C13H22N4S. The van der Waals surface area contributed by atoms with Gasteiger partial charge in [-0.15, -0.1) is 0 Å². The van der Waals surface area contributed by atoms with Crippen molar-refractivity contribution in [3.8, 4) is 0 Å². The molecule has 4 nitrogen and oxygen atoms in total. The average Bonchev–Trinajstić information content (AvgIpc) is 2.57. The zero-order valence-corrected chi connectivity index (χ0v) is 12.2. The van der Waals surface area contributed by atoms with Crippen molar-refractivity contribution in [3.05, 3.63) is 11.4 Å². The predicted octanol–water partition coefficient (Wildman–Crippen LogP) is 2.66. The number of aryl methyl sites for hydroxylation is 2. The number of aromatic nitrogens is 2. The van der Waals surface area contributed by atoms with Gasteiger partial charge in [-0.3, -0.25) is 4.68 Å². The Kier molecular flexibility index (Phi) is 4.22. The Bertz CT molecular complexity index is 432. The van der Waals surface area contributed by atoms with Crippen molar-refractivity contribution in [2.24, 2.45) is 7.05 Å². The number of thiocarbonyl (C=S) groups is 1. The molecule has 1 heterocycles. The lowest BCUT2D eigenvalue weighted by Crippen LogP contribution is -2.39. The standard InChI is InChI=1S/C13H22N4S/c1-9-12(10(2)17(3)16-9)15-13(18)14-11-7-5-4-6-8-11/h11H,4-8H2,1-3H3,(H2,14,15,18). The Morgan fingerprint density at radius 1 is 1.28 bits per heavy atom. The van der Waals surface area contributed by atoms with Crippen molar-refractivity contribution < 1.29 is 0 Å². The zero-order valence-electron chi connectivity index (χ0n) is 11.4. The molecule has 1 saturated carbocycles. The average molecular weight is 266 g/mol. The molecule has 0 atom stereocenters. The molecule has 0 bridgehead atoms. The second-order valence-electron chi connectivity index (χ2n) is 5.10. The minimum atomic E-state index is 0.538. The first-order valence-corrected chi connectivity index (χ1v) is 7.06. The summed E-state index contributed by atoms with van der Waals surface area (Å²) in [5, 5.41) is 11.8. The van der Waals surface area contributed by atoms with Gasteiger partial charge in [0, 0.05) is 13.1 Å². The van der Waals surface area contributed by atoms with Crippen LogP contribution in [-0.2, 0) is 7.05 Å². The molecule has 0 amide bonds. The van der Waals surface area contributed by atoms with Gasteiger partial charge in [0.25, 0.3) is 0 Å². The molecule has 1 aromatic heterocycles. The number of hydrogen-bond acceptors (Lipinski definition) is 2. The second-order valence-corrected chi connectivity index (χ2v) is 5.51. The minimum absolute atomic E-state index is 0.538. The van der Waals surface area contributed by atoms with Gasteiger partial charge in [-0.25, -0.2) is 0 Å². The molecule has 0 radical (unpaired) electrons. The van der Waals surface area contributed by atoms with E-state index in [2.05, 4.69) is 15.7 Å². The van der Waals surface area contributed by atoms with Gasteiger partial charge in [0.1, 0.15) is 0 Å². The van der Waals surface area contributed by atoms with Crippen LogP contribution in [0.1, 0.15) is 43.5 Å². The fourth-order valence-corrected chi connectivity index (χ4v) is 2.81. The second kappa shape index (κ2) is 5.69. The molecule has 100 valence electrons. The normalized spacial score (nSPS) is 16.6. The summed E-state index contributed by atoms with van der Waals surface area (Å²) in [6.07, 6.45) is 6.44. The fraction of sp³-hybridized carbons (Fsp3) is 0.692. The third kappa shape index (κ3) is 3.02. The van der Waals surface area contributed by atoms with E-state index >= 15 is 0 Å². The maximum atomic E-state index is 5.39. The Morgan fingerprint density at radius 2 is 1.94 bits per heavy atom. The number of nitrogens with one attached hydrogen (secondary N) is 2. The van der Waals surface area contributed by atoms with E-state index in [0.29, 0.717) is 6.04 Å². The van der Waals surface area contributed by atoms with Crippen LogP contribution < -0.4 is 10.6 Å². The van der Waals surface area contributed by atoms with Gasteiger partial charge in [-0.2, -0.15) is 5.10 Å². The van der Waals surface area contributed by atoms with Crippen LogP contribution in [-0.4, -0.2) is 20.9 Å². The van der Waals surface area contributed by atoms with Gasteiger partial charge >= 0.3 is 0 Å². The van der Waals surface area contributed by atoms with Crippen molar-refractivity contribution in [1.82, 2.24) is 15.1 Å². The van der Waals surface area contributed by atoms with Crippen molar-refractivity contribution in [3.63, 3.8) is 0 Å². The maximum absolute atomic E-state index is 5.39. The molecule has 1 fully saturated rings. The topological polar surface area (TPSA) is 41.9 Å². The molecule has 1 aromatic rings. The van der Waals surface area contributed by atoms with Crippen molar-refractivity contribution >= 4 is 23.0 Å². The molecule has 0 aromatic carbocycles. The minimum Gasteiger partial charge on any atom is -0.360 e. The van der Waals surface area contributed by atoms with Crippen LogP contribution in [0.25, 0.3) is 0 Å². The van der Waals surface area contributed by atoms with Crippen LogP contribution in [0.2, 0.25) is 0 Å². The highest BCUT2D eigenvalue weighted by molar-refractivity contribution is 7.80. The van der Waals surface area contributed by atoms with Gasteiger partial charge in [0.05, 0.1) is 17.1 Å². The number of hydrogen-bond donors (Lipinski definition) is 2. The SMILES string of the molecule is Cc1nn(C)c(C)c1NC(=S)NC1CCCCC1. The van der Waals surface area contributed by atoms with E-state index in [9.17, 15) is 0 Å². The highest BCUT2D eigenvalue weighted by Crippen LogP contribution is 2.20. The molecule has 1 aliphatic rings. The van der Waals surface area contributed by atoms with Crippen LogP contribution in [0.3, 0.4) is 0 Å². The highest BCUT2D eigenvalue weighted by Gasteiger charge is 2.15. The van der Waals surface area contributed by atoms with Crippen LogP contribution in [0.4, 0.5) is 5.69 Å². The summed E-state index contributed by atoms with van der Waals surface area (Å²) in [4.78, 5) is 0. The lowest BCUT2D eigenvalue weighted by molar-refractivity contribution is 0.415. The summed E-state index contributed by atoms with van der Waals surface area (Å²) < 4.78 is 1.88. The van der Waals surface area contributed by atoms with Gasteiger partial charge in [0.2, 0.25) is 0 Å². The molecular weight excluding hydrogens is 244 g/mol. The van der Waals surface area contributed by atoms with E-state index < -0.39 is 0 Å². The lowest BCUT2D eigenvalue weighted by Gasteiger charge is -2.24. The molecule has 5 heteroatoms. The molecule has 0 aliphatic heterocycles. The first-order chi connectivity index (χ1) is 8.58.